The van der Waals surface area contributed by atoms with Crippen molar-refractivity contribution in [2.45, 2.75) is 0 Å². The summed E-state index contributed by atoms with van der Waals surface area (Å²) in [6.07, 6.45) is 0. The molecule has 0 radical (unpaired) electrons. The molecular formula is C20H23N3O7. The van der Waals surface area contributed by atoms with Crippen molar-refractivity contribution < 1.29 is 28.7 Å². The van der Waals surface area contributed by atoms with Crippen LogP contribution in [-0.4, -0.2) is 58.5 Å². The van der Waals surface area contributed by atoms with Crippen LogP contribution in [0.4, 0.5) is 17.1 Å². The van der Waals surface area contributed by atoms with Gasteiger partial charge in [0.1, 0.15) is 0 Å². The number of ether oxygens (including phenoxy) is 4. The minimum atomic E-state index is -0.464. The summed E-state index contributed by atoms with van der Waals surface area (Å²) >= 11 is 0. The monoisotopic (exact) mass is 417 g/mol. The number of methoxy groups -OCH3 is 3. The van der Waals surface area contributed by atoms with Crippen LogP contribution in [0.25, 0.3) is 0 Å². The maximum atomic E-state index is 13.0. The quantitative estimate of drug-likeness (QED) is 0.541. The molecule has 0 aliphatic carbocycles. The lowest BCUT2D eigenvalue weighted by Gasteiger charge is -2.30. The molecule has 3 rings (SSSR count). The minimum absolute atomic E-state index is 0.0534. The Hall–Kier alpha value is -3.53. The summed E-state index contributed by atoms with van der Waals surface area (Å²) in [5, 5.41) is 14.1. The molecule has 1 amide bonds. The lowest BCUT2D eigenvalue weighted by molar-refractivity contribution is -0.384. The van der Waals surface area contributed by atoms with Crippen molar-refractivity contribution in [3.8, 4) is 17.2 Å². The Kier molecular flexibility index (Phi) is 6.58. The summed E-state index contributed by atoms with van der Waals surface area (Å²) in [5.41, 5.74) is 1.26. The molecule has 0 saturated carbocycles. The fourth-order valence-electron chi connectivity index (χ4n) is 3.21. The van der Waals surface area contributed by atoms with E-state index in [1.165, 1.54) is 51.7 Å². The highest BCUT2D eigenvalue weighted by molar-refractivity contribution is 6.06. The maximum absolute atomic E-state index is 13.0. The van der Waals surface area contributed by atoms with Crippen molar-refractivity contribution in [3.63, 3.8) is 0 Å². The Bertz CT molecular complexity index is 917. The van der Waals surface area contributed by atoms with Crippen LogP contribution in [0.15, 0.2) is 30.3 Å². The van der Waals surface area contributed by atoms with Gasteiger partial charge in [0.15, 0.2) is 11.5 Å². The van der Waals surface area contributed by atoms with Gasteiger partial charge in [0.05, 0.1) is 50.8 Å². The Morgan fingerprint density at radius 2 is 1.70 bits per heavy atom. The number of nitrogens with zero attached hydrogens (tertiary/aromatic N) is 2. The lowest BCUT2D eigenvalue weighted by atomic mass is 10.1. The molecule has 0 aromatic heterocycles. The molecule has 10 nitrogen and oxygen atoms in total. The first-order valence-corrected chi connectivity index (χ1v) is 9.21. The molecule has 0 bridgehead atoms. The Morgan fingerprint density at radius 1 is 1.07 bits per heavy atom. The molecular weight excluding hydrogens is 394 g/mol. The number of amides is 1. The van der Waals surface area contributed by atoms with E-state index in [1.807, 2.05) is 4.90 Å². The molecule has 160 valence electrons. The molecule has 1 aliphatic heterocycles. The van der Waals surface area contributed by atoms with Crippen LogP contribution in [0, 0.1) is 10.1 Å². The van der Waals surface area contributed by atoms with Crippen LogP contribution in [0.3, 0.4) is 0 Å². The Balaban J connectivity index is 1.95. The second kappa shape index (κ2) is 9.31. The number of carbonyl (C=O) groups excluding carboxylic acids is 1. The third kappa shape index (κ3) is 4.38. The zero-order valence-electron chi connectivity index (χ0n) is 17.0. The van der Waals surface area contributed by atoms with Crippen molar-refractivity contribution in [2.75, 3.05) is 57.8 Å². The van der Waals surface area contributed by atoms with Crippen LogP contribution in [0.1, 0.15) is 10.4 Å². The number of nitro groups is 1. The van der Waals surface area contributed by atoms with Crippen molar-refractivity contribution in [3.05, 3.63) is 46.0 Å². The number of benzene rings is 2. The molecule has 1 fully saturated rings. The smallest absolute Gasteiger partial charge is 0.271 e. The predicted molar refractivity (Wildman–Crippen MR) is 110 cm³/mol. The number of hydrogen-bond donors (Lipinski definition) is 1. The zero-order chi connectivity index (χ0) is 21.7. The van der Waals surface area contributed by atoms with Crippen molar-refractivity contribution in [2.24, 2.45) is 0 Å². The van der Waals surface area contributed by atoms with Crippen molar-refractivity contribution in [1.29, 1.82) is 0 Å². The second-order valence-electron chi connectivity index (χ2n) is 6.43. The van der Waals surface area contributed by atoms with Crippen molar-refractivity contribution >= 4 is 23.0 Å². The second-order valence-corrected chi connectivity index (χ2v) is 6.43. The van der Waals surface area contributed by atoms with Crippen LogP contribution in [0.2, 0.25) is 0 Å². The van der Waals surface area contributed by atoms with Gasteiger partial charge >= 0.3 is 0 Å². The molecule has 1 heterocycles. The number of hydrogen-bond acceptors (Lipinski definition) is 8. The lowest BCUT2D eigenvalue weighted by Crippen LogP contribution is -2.36. The molecule has 2 aromatic carbocycles. The molecule has 1 aliphatic rings. The number of morpholine rings is 1. The van der Waals surface area contributed by atoms with Gasteiger partial charge in [-0.1, -0.05) is 0 Å². The van der Waals surface area contributed by atoms with E-state index < -0.39 is 10.8 Å². The van der Waals surface area contributed by atoms with E-state index in [2.05, 4.69) is 5.32 Å². The SMILES string of the molecule is COc1cc(C(=O)Nc2ccc([N+](=O)[O-])cc2N2CCOCC2)cc(OC)c1OC. The van der Waals surface area contributed by atoms with E-state index in [0.29, 0.717) is 54.9 Å². The normalized spacial score (nSPS) is 13.5. The van der Waals surface area contributed by atoms with E-state index in [9.17, 15) is 14.9 Å². The van der Waals surface area contributed by atoms with Crippen LogP contribution in [0.5, 0.6) is 17.2 Å². The van der Waals surface area contributed by atoms with E-state index in [-0.39, 0.29) is 11.3 Å². The highest BCUT2D eigenvalue weighted by Crippen LogP contribution is 2.39. The first kappa shape index (κ1) is 21.2. The van der Waals surface area contributed by atoms with E-state index in [4.69, 9.17) is 18.9 Å². The number of rotatable bonds is 7. The van der Waals surface area contributed by atoms with E-state index in [1.54, 1.807) is 0 Å². The average Bonchev–Trinajstić information content (AvgIpc) is 2.78. The molecule has 2 aromatic rings. The molecule has 0 atom stereocenters. The third-order valence-corrected chi connectivity index (χ3v) is 4.72. The van der Waals surface area contributed by atoms with Crippen molar-refractivity contribution in [1.82, 2.24) is 0 Å². The third-order valence-electron chi connectivity index (χ3n) is 4.72. The van der Waals surface area contributed by atoms with Crippen LogP contribution < -0.4 is 24.4 Å². The fraction of sp³-hybridized carbons (Fsp3) is 0.350. The number of nitrogens with one attached hydrogen (secondary N) is 1. The minimum Gasteiger partial charge on any atom is -0.493 e. The Labute approximate surface area is 173 Å². The topological polar surface area (TPSA) is 112 Å². The average molecular weight is 417 g/mol. The summed E-state index contributed by atoms with van der Waals surface area (Å²) in [5.74, 6) is 0.650. The molecule has 0 spiro atoms. The number of carbonyl (C=O) groups is 1. The summed E-state index contributed by atoms with van der Waals surface area (Å²) in [6, 6.07) is 7.41. The van der Waals surface area contributed by atoms with Gasteiger partial charge in [0.2, 0.25) is 5.75 Å². The summed E-state index contributed by atoms with van der Waals surface area (Å²) in [7, 11) is 4.41. The first-order valence-electron chi connectivity index (χ1n) is 9.21. The first-order chi connectivity index (χ1) is 14.5. The zero-order valence-corrected chi connectivity index (χ0v) is 17.0. The summed E-state index contributed by atoms with van der Waals surface area (Å²) in [6.45, 7) is 2.13. The van der Waals surface area contributed by atoms with Gasteiger partial charge in [-0.2, -0.15) is 0 Å². The van der Waals surface area contributed by atoms with Gasteiger partial charge in [0.25, 0.3) is 11.6 Å². The van der Waals surface area contributed by atoms with E-state index >= 15 is 0 Å². The predicted octanol–water partition coefficient (Wildman–Crippen LogP) is 2.71. The van der Waals surface area contributed by atoms with Crippen LogP contribution in [-0.2, 0) is 4.74 Å². The summed E-state index contributed by atoms with van der Waals surface area (Å²) in [4.78, 5) is 25.7. The molecule has 1 saturated heterocycles. The molecule has 0 unspecified atom stereocenters. The van der Waals surface area contributed by atoms with Gasteiger partial charge in [-0.25, -0.2) is 0 Å². The maximum Gasteiger partial charge on any atom is 0.271 e. The largest absolute Gasteiger partial charge is 0.493 e. The molecule has 1 N–H and O–H groups in total. The van der Waals surface area contributed by atoms with Gasteiger partial charge in [-0.3, -0.25) is 14.9 Å². The van der Waals surface area contributed by atoms with E-state index in [0.717, 1.165) is 0 Å². The number of non-ortho nitro benzene ring substituents is 1. The summed E-state index contributed by atoms with van der Waals surface area (Å²) < 4.78 is 21.2. The highest BCUT2D eigenvalue weighted by Gasteiger charge is 2.22. The van der Waals surface area contributed by atoms with Gasteiger partial charge in [-0.05, 0) is 18.2 Å². The van der Waals surface area contributed by atoms with Crippen LogP contribution >= 0.6 is 0 Å². The fourth-order valence-corrected chi connectivity index (χ4v) is 3.21. The highest BCUT2D eigenvalue weighted by atomic mass is 16.6. The van der Waals surface area contributed by atoms with Gasteiger partial charge in [0, 0.05) is 30.8 Å². The van der Waals surface area contributed by atoms with Gasteiger partial charge in [-0.15, -0.1) is 0 Å². The Morgan fingerprint density at radius 3 is 2.23 bits per heavy atom. The number of anilines is 2. The molecule has 30 heavy (non-hydrogen) atoms. The van der Waals surface area contributed by atoms with Gasteiger partial charge < -0.3 is 29.2 Å². The standard InChI is InChI=1S/C20H23N3O7/c1-27-17-10-13(11-18(28-2)19(17)29-3)20(24)21-15-5-4-14(23(25)26)12-16(15)22-6-8-30-9-7-22/h4-5,10-12H,6-9H2,1-3H3,(H,21,24). The number of nitro benzene ring substituents is 1. The molecule has 10 heteroatoms.